The van der Waals surface area contributed by atoms with Crippen molar-refractivity contribution in [3.05, 3.63) is 35.4 Å². The Balaban J connectivity index is 1.95. The van der Waals surface area contributed by atoms with E-state index >= 15 is 0 Å². The molecule has 1 aromatic rings. The lowest BCUT2D eigenvalue weighted by Gasteiger charge is -2.31. The molecule has 3 heteroatoms. The highest BCUT2D eigenvalue weighted by Gasteiger charge is 2.23. The van der Waals surface area contributed by atoms with Crippen LogP contribution in [0, 0.1) is 17.6 Å². The van der Waals surface area contributed by atoms with Gasteiger partial charge in [-0.1, -0.05) is 26.2 Å². The second kappa shape index (κ2) is 6.28. The Hall–Kier alpha value is -0.960. The predicted molar refractivity (Wildman–Crippen MR) is 69.2 cm³/mol. The molecular formula is C15H21F2N. The first-order valence-electron chi connectivity index (χ1n) is 6.88. The molecule has 0 radical (unpaired) electrons. The fourth-order valence-corrected chi connectivity index (χ4v) is 2.88. The van der Waals surface area contributed by atoms with Crippen LogP contribution in [0.25, 0.3) is 0 Å². The first-order chi connectivity index (χ1) is 8.70. The predicted octanol–water partition coefficient (Wildman–Crippen LogP) is 4.02. The average molecular weight is 253 g/mol. The number of halogens is 2. The smallest absolute Gasteiger partial charge is 0.127 e. The molecule has 2 rings (SSSR count). The molecule has 1 aliphatic carbocycles. The van der Waals surface area contributed by atoms with Crippen LogP contribution in [0.5, 0.6) is 0 Å². The zero-order valence-electron chi connectivity index (χ0n) is 10.9. The van der Waals surface area contributed by atoms with Crippen LogP contribution in [-0.2, 0) is 6.54 Å². The fourth-order valence-electron chi connectivity index (χ4n) is 2.88. The Morgan fingerprint density at radius 3 is 2.78 bits per heavy atom. The number of hydrogen-bond acceptors (Lipinski definition) is 1. The molecule has 2 unspecified atom stereocenters. The van der Waals surface area contributed by atoms with Crippen LogP contribution in [0.4, 0.5) is 8.78 Å². The van der Waals surface area contributed by atoms with Crippen molar-refractivity contribution in [3.8, 4) is 0 Å². The summed E-state index contributed by atoms with van der Waals surface area (Å²) >= 11 is 0. The van der Waals surface area contributed by atoms with Crippen LogP contribution in [0.3, 0.4) is 0 Å². The SMILES string of the molecule is CCC1CCCCC1NCc1cc(F)ccc1F. The molecule has 1 N–H and O–H groups in total. The zero-order chi connectivity index (χ0) is 13.0. The van der Waals surface area contributed by atoms with E-state index in [-0.39, 0.29) is 11.6 Å². The van der Waals surface area contributed by atoms with Gasteiger partial charge in [0.1, 0.15) is 11.6 Å². The second-order valence-corrected chi connectivity index (χ2v) is 5.18. The van der Waals surface area contributed by atoms with Crippen molar-refractivity contribution in [2.45, 2.75) is 51.6 Å². The van der Waals surface area contributed by atoms with Crippen LogP contribution in [0.2, 0.25) is 0 Å². The number of rotatable bonds is 4. The van der Waals surface area contributed by atoms with Gasteiger partial charge in [-0.15, -0.1) is 0 Å². The van der Waals surface area contributed by atoms with Crippen molar-refractivity contribution in [2.24, 2.45) is 5.92 Å². The third kappa shape index (κ3) is 3.29. The van der Waals surface area contributed by atoms with Gasteiger partial charge < -0.3 is 5.32 Å². The maximum absolute atomic E-state index is 13.5. The molecule has 0 heterocycles. The minimum atomic E-state index is -0.371. The highest BCUT2D eigenvalue weighted by Crippen LogP contribution is 2.27. The van der Waals surface area contributed by atoms with Crippen molar-refractivity contribution in [1.29, 1.82) is 0 Å². The van der Waals surface area contributed by atoms with Gasteiger partial charge in [0.2, 0.25) is 0 Å². The maximum atomic E-state index is 13.5. The van der Waals surface area contributed by atoms with E-state index in [9.17, 15) is 8.78 Å². The number of benzene rings is 1. The van der Waals surface area contributed by atoms with Crippen LogP contribution < -0.4 is 5.32 Å². The Labute approximate surface area is 108 Å². The van der Waals surface area contributed by atoms with Gasteiger partial charge in [0, 0.05) is 18.2 Å². The van der Waals surface area contributed by atoms with E-state index in [1.54, 1.807) is 0 Å². The standard InChI is InChI=1S/C15H21F2N/c1-2-11-5-3-4-6-15(11)18-10-12-9-13(16)7-8-14(12)17/h7-9,11,15,18H,2-6,10H2,1H3. The molecule has 0 aliphatic heterocycles. The number of hydrogen-bond donors (Lipinski definition) is 1. The Morgan fingerprint density at radius 2 is 2.00 bits per heavy atom. The monoisotopic (exact) mass is 253 g/mol. The van der Waals surface area contributed by atoms with Crippen LogP contribution in [-0.4, -0.2) is 6.04 Å². The molecule has 0 aromatic heterocycles. The lowest BCUT2D eigenvalue weighted by molar-refractivity contribution is 0.253. The Kier molecular flexibility index (Phi) is 4.70. The summed E-state index contributed by atoms with van der Waals surface area (Å²) in [7, 11) is 0. The zero-order valence-corrected chi connectivity index (χ0v) is 10.9. The third-order valence-corrected chi connectivity index (χ3v) is 4.00. The summed E-state index contributed by atoms with van der Waals surface area (Å²) in [4.78, 5) is 0. The van der Waals surface area contributed by atoms with Gasteiger partial charge in [0.25, 0.3) is 0 Å². The van der Waals surface area contributed by atoms with Crippen molar-refractivity contribution in [1.82, 2.24) is 5.32 Å². The lowest BCUT2D eigenvalue weighted by atomic mass is 9.83. The normalized spacial score (nSPS) is 24.2. The molecule has 0 amide bonds. The average Bonchev–Trinajstić information content (AvgIpc) is 2.40. The molecule has 1 aromatic carbocycles. The molecule has 1 fully saturated rings. The summed E-state index contributed by atoms with van der Waals surface area (Å²) in [6.45, 7) is 2.62. The summed E-state index contributed by atoms with van der Waals surface area (Å²) in [5.41, 5.74) is 0.426. The molecule has 1 nitrogen and oxygen atoms in total. The summed E-state index contributed by atoms with van der Waals surface area (Å²) in [6.07, 6.45) is 6.09. The van der Waals surface area contributed by atoms with Gasteiger partial charge in [0.15, 0.2) is 0 Å². The van der Waals surface area contributed by atoms with E-state index in [2.05, 4.69) is 12.2 Å². The van der Waals surface area contributed by atoms with Crippen LogP contribution >= 0.6 is 0 Å². The van der Waals surface area contributed by atoms with Crippen molar-refractivity contribution in [2.75, 3.05) is 0 Å². The van der Waals surface area contributed by atoms with Gasteiger partial charge >= 0.3 is 0 Å². The fraction of sp³-hybridized carbons (Fsp3) is 0.600. The molecule has 0 spiro atoms. The van der Waals surface area contributed by atoms with E-state index < -0.39 is 0 Å². The third-order valence-electron chi connectivity index (χ3n) is 4.00. The minimum Gasteiger partial charge on any atom is -0.310 e. The number of nitrogens with one attached hydrogen (secondary N) is 1. The van der Waals surface area contributed by atoms with Gasteiger partial charge in [-0.25, -0.2) is 8.78 Å². The quantitative estimate of drug-likeness (QED) is 0.854. The van der Waals surface area contributed by atoms with Gasteiger partial charge in [-0.05, 0) is 37.0 Å². The van der Waals surface area contributed by atoms with Crippen molar-refractivity contribution in [3.63, 3.8) is 0 Å². The highest BCUT2D eigenvalue weighted by molar-refractivity contribution is 5.18. The largest absolute Gasteiger partial charge is 0.310 e. The first-order valence-corrected chi connectivity index (χ1v) is 6.88. The molecule has 2 atom stereocenters. The molecule has 100 valence electrons. The molecule has 18 heavy (non-hydrogen) atoms. The van der Waals surface area contributed by atoms with Gasteiger partial charge in [0.05, 0.1) is 0 Å². The molecule has 0 bridgehead atoms. The Bertz CT molecular complexity index is 392. The van der Waals surface area contributed by atoms with E-state index in [1.165, 1.54) is 31.4 Å². The minimum absolute atomic E-state index is 0.326. The summed E-state index contributed by atoms with van der Waals surface area (Å²) in [6, 6.07) is 4.09. The van der Waals surface area contributed by atoms with E-state index in [1.807, 2.05) is 0 Å². The van der Waals surface area contributed by atoms with Crippen LogP contribution in [0.15, 0.2) is 18.2 Å². The summed E-state index contributed by atoms with van der Waals surface area (Å²) in [5, 5.41) is 3.40. The summed E-state index contributed by atoms with van der Waals surface area (Å²) < 4.78 is 26.6. The van der Waals surface area contributed by atoms with Gasteiger partial charge in [-0.2, -0.15) is 0 Å². The van der Waals surface area contributed by atoms with E-state index in [0.717, 1.165) is 18.9 Å². The van der Waals surface area contributed by atoms with E-state index in [4.69, 9.17) is 0 Å². The van der Waals surface area contributed by atoms with E-state index in [0.29, 0.717) is 24.1 Å². The highest BCUT2D eigenvalue weighted by atomic mass is 19.1. The second-order valence-electron chi connectivity index (χ2n) is 5.18. The van der Waals surface area contributed by atoms with Gasteiger partial charge in [-0.3, -0.25) is 0 Å². The maximum Gasteiger partial charge on any atom is 0.127 e. The van der Waals surface area contributed by atoms with Crippen molar-refractivity contribution >= 4 is 0 Å². The lowest BCUT2D eigenvalue weighted by Crippen LogP contribution is -2.38. The Morgan fingerprint density at radius 1 is 1.22 bits per heavy atom. The molecular weight excluding hydrogens is 232 g/mol. The summed E-state index contributed by atoms with van der Waals surface area (Å²) in [5.74, 6) is -0.0213. The molecule has 0 saturated heterocycles. The molecule has 1 saturated carbocycles. The van der Waals surface area contributed by atoms with Crippen molar-refractivity contribution < 1.29 is 8.78 Å². The molecule has 1 aliphatic rings. The van der Waals surface area contributed by atoms with Crippen LogP contribution in [0.1, 0.15) is 44.6 Å². The first kappa shape index (κ1) is 13.5. The topological polar surface area (TPSA) is 12.0 Å².